The van der Waals surface area contributed by atoms with E-state index < -0.39 is 0 Å². The lowest BCUT2D eigenvalue weighted by molar-refractivity contribution is -0.261. The van der Waals surface area contributed by atoms with Gasteiger partial charge in [-0.1, -0.05) is 24.3 Å². The van der Waals surface area contributed by atoms with E-state index in [0.29, 0.717) is 6.61 Å². The normalized spacial score (nSPS) is 20.5. The van der Waals surface area contributed by atoms with E-state index in [2.05, 4.69) is 57.0 Å². The second-order valence-corrected chi connectivity index (χ2v) is 6.22. The largest absolute Gasteiger partial charge is 0.396 e. The standard InChI is InChI=1S/C16H25NO2/c1-15(2)13-9-5-6-10-14(13)16(3,4)17(15)19-12-8-7-11-18/h5-6,9-10,18H,7-8,11-12H2,1-4H3. The fraction of sp³-hybridized carbons (Fsp3) is 0.625. The molecule has 2 rings (SSSR count). The first-order valence-electron chi connectivity index (χ1n) is 7.06. The van der Waals surface area contributed by atoms with Gasteiger partial charge in [0.25, 0.3) is 0 Å². The van der Waals surface area contributed by atoms with Crippen molar-refractivity contribution in [1.82, 2.24) is 5.06 Å². The average molecular weight is 263 g/mol. The highest BCUT2D eigenvalue weighted by atomic mass is 16.7. The molecule has 0 saturated heterocycles. The summed E-state index contributed by atoms with van der Waals surface area (Å²) in [6.45, 7) is 9.69. The lowest BCUT2D eigenvalue weighted by Crippen LogP contribution is -2.45. The maximum Gasteiger partial charge on any atom is 0.0686 e. The summed E-state index contributed by atoms with van der Waals surface area (Å²) in [6.07, 6.45) is 1.68. The maximum absolute atomic E-state index is 8.84. The molecule has 1 heterocycles. The van der Waals surface area contributed by atoms with Crippen LogP contribution in [0, 0.1) is 0 Å². The summed E-state index contributed by atoms with van der Waals surface area (Å²) < 4.78 is 0. The molecule has 3 nitrogen and oxygen atoms in total. The summed E-state index contributed by atoms with van der Waals surface area (Å²) in [4.78, 5) is 6.04. The highest BCUT2D eigenvalue weighted by Crippen LogP contribution is 2.49. The predicted molar refractivity (Wildman–Crippen MR) is 76.6 cm³/mol. The fourth-order valence-corrected chi connectivity index (χ4v) is 3.16. The van der Waals surface area contributed by atoms with Crippen molar-refractivity contribution in [2.45, 2.75) is 51.6 Å². The van der Waals surface area contributed by atoms with E-state index in [1.807, 2.05) is 0 Å². The van der Waals surface area contributed by atoms with Crippen LogP contribution in [-0.4, -0.2) is 23.4 Å². The molecule has 1 aliphatic heterocycles. The number of aliphatic hydroxyl groups is 1. The zero-order valence-electron chi connectivity index (χ0n) is 12.4. The number of nitrogens with zero attached hydrogens (tertiary/aromatic N) is 1. The third kappa shape index (κ3) is 2.42. The molecular weight excluding hydrogens is 238 g/mol. The molecule has 1 aromatic rings. The van der Waals surface area contributed by atoms with E-state index in [1.54, 1.807) is 0 Å². The fourth-order valence-electron chi connectivity index (χ4n) is 3.16. The number of benzene rings is 1. The van der Waals surface area contributed by atoms with Crippen LogP contribution < -0.4 is 0 Å². The van der Waals surface area contributed by atoms with Crippen LogP contribution in [0.15, 0.2) is 24.3 Å². The summed E-state index contributed by atoms with van der Waals surface area (Å²) >= 11 is 0. The second kappa shape index (κ2) is 5.23. The quantitative estimate of drug-likeness (QED) is 0.828. The van der Waals surface area contributed by atoms with Crippen LogP contribution in [0.25, 0.3) is 0 Å². The van der Waals surface area contributed by atoms with E-state index in [-0.39, 0.29) is 17.7 Å². The summed E-state index contributed by atoms with van der Waals surface area (Å²) in [6, 6.07) is 8.56. The topological polar surface area (TPSA) is 32.7 Å². The van der Waals surface area contributed by atoms with Crippen LogP contribution in [0.1, 0.15) is 51.7 Å². The minimum absolute atomic E-state index is 0.126. The van der Waals surface area contributed by atoms with Crippen molar-refractivity contribution in [1.29, 1.82) is 0 Å². The number of fused-ring (bicyclic) bond motifs is 1. The monoisotopic (exact) mass is 263 g/mol. The van der Waals surface area contributed by atoms with Gasteiger partial charge in [0.05, 0.1) is 17.7 Å². The Kier molecular flexibility index (Phi) is 4.00. The van der Waals surface area contributed by atoms with Gasteiger partial charge in [-0.15, -0.1) is 0 Å². The van der Waals surface area contributed by atoms with Gasteiger partial charge in [-0.25, -0.2) is 0 Å². The van der Waals surface area contributed by atoms with Gasteiger partial charge in [-0.05, 0) is 51.7 Å². The van der Waals surface area contributed by atoms with Crippen molar-refractivity contribution < 1.29 is 9.94 Å². The van der Waals surface area contributed by atoms with Gasteiger partial charge < -0.3 is 5.11 Å². The average Bonchev–Trinajstić information content (AvgIpc) is 2.52. The highest BCUT2D eigenvalue weighted by Gasteiger charge is 2.49. The van der Waals surface area contributed by atoms with E-state index in [1.165, 1.54) is 11.1 Å². The van der Waals surface area contributed by atoms with Crippen LogP contribution in [0.4, 0.5) is 0 Å². The van der Waals surface area contributed by atoms with Gasteiger partial charge in [-0.3, -0.25) is 4.84 Å². The zero-order valence-corrected chi connectivity index (χ0v) is 12.4. The van der Waals surface area contributed by atoms with E-state index in [4.69, 9.17) is 9.94 Å². The van der Waals surface area contributed by atoms with Crippen molar-refractivity contribution >= 4 is 0 Å². The number of hydrogen-bond donors (Lipinski definition) is 1. The number of hydrogen-bond acceptors (Lipinski definition) is 3. The molecule has 0 fully saturated rings. The van der Waals surface area contributed by atoms with Crippen LogP contribution in [0.5, 0.6) is 0 Å². The number of aliphatic hydroxyl groups excluding tert-OH is 1. The first-order chi connectivity index (χ1) is 8.92. The van der Waals surface area contributed by atoms with Gasteiger partial charge in [0.1, 0.15) is 0 Å². The van der Waals surface area contributed by atoms with Gasteiger partial charge in [0.2, 0.25) is 0 Å². The van der Waals surface area contributed by atoms with Crippen LogP contribution in [-0.2, 0) is 15.9 Å². The number of unbranched alkanes of at least 4 members (excludes halogenated alkanes) is 1. The molecule has 0 aliphatic carbocycles. The third-order valence-electron chi connectivity index (χ3n) is 4.03. The molecule has 1 N–H and O–H groups in total. The highest BCUT2D eigenvalue weighted by molar-refractivity contribution is 5.42. The lowest BCUT2D eigenvalue weighted by atomic mass is 9.91. The summed E-state index contributed by atoms with van der Waals surface area (Å²) in [5, 5.41) is 10.9. The molecule has 0 unspecified atom stereocenters. The first-order valence-corrected chi connectivity index (χ1v) is 7.06. The number of rotatable bonds is 5. The molecule has 1 aliphatic rings. The summed E-state index contributed by atoms with van der Waals surface area (Å²) in [7, 11) is 0. The Morgan fingerprint density at radius 2 is 1.53 bits per heavy atom. The molecule has 0 radical (unpaired) electrons. The van der Waals surface area contributed by atoms with E-state index >= 15 is 0 Å². The smallest absolute Gasteiger partial charge is 0.0686 e. The van der Waals surface area contributed by atoms with Crippen LogP contribution >= 0.6 is 0 Å². The zero-order chi connectivity index (χ0) is 14.1. The molecule has 0 amide bonds. The van der Waals surface area contributed by atoms with Crippen molar-refractivity contribution in [2.75, 3.05) is 13.2 Å². The van der Waals surface area contributed by atoms with Gasteiger partial charge in [0, 0.05) is 6.61 Å². The SMILES string of the molecule is CC1(C)c2ccccc2C(C)(C)N1OCCCCO. The van der Waals surface area contributed by atoms with Crippen LogP contribution in [0.2, 0.25) is 0 Å². The Morgan fingerprint density at radius 3 is 2.00 bits per heavy atom. The molecule has 0 saturated carbocycles. The summed E-state index contributed by atoms with van der Waals surface area (Å²) in [5.74, 6) is 0. The molecule has 19 heavy (non-hydrogen) atoms. The molecule has 3 heteroatoms. The minimum Gasteiger partial charge on any atom is -0.396 e. The van der Waals surface area contributed by atoms with Gasteiger partial charge in [-0.2, -0.15) is 5.06 Å². The second-order valence-electron chi connectivity index (χ2n) is 6.22. The predicted octanol–water partition coefficient (Wildman–Crippen LogP) is 3.18. The van der Waals surface area contributed by atoms with Crippen molar-refractivity contribution in [3.8, 4) is 0 Å². The van der Waals surface area contributed by atoms with E-state index in [9.17, 15) is 0 Å². The lowest BCUT2D eigenvalue weighted by Gasteiger charge is -2.39. The van der Waals surface area contributed by atoms with E-state index in [0.717, 1.165) is 12.8 Å². The molecule has 0 atom stereocenters. The molecular formula is C16H25NO2. The molecule has 0 bridgehead atoms. The Labute approximate surface area is 116 Å². The third-order valence-corrected chi connectivity index (χ3v) is 4.03. The van der Waals surface area contributed by atoms with Gasteiger partial charge >= 0.3 is 0 Å². The Bertz CT molecular complexity index is 405. The molecule has 0 spiro atoms. The van der Waals surface area contributed by atoms with Crippen LogP contribution in [0.3, 0.4) is 0 Å². The first kappa shape index (κ1) is 14.5. The summed E-state index contributed by atoms with van der Waals surface area (Å²) in [5.41, 5.74) is 2.42. The van der Waals surface area contributed by atoms with Crippen molar-refractivity contribution in [2.24, 2.45) is 0 Å². The maximum atomic E-state index is 8.84. The molecule has 0 aromatic heterocycles. The molecule has 1 aromatic carbocycles. The number of hydroxylamine groups is 2. The Morgan fingerprint density at radius 1 is 1.00 bits per heavy atom. The Hall–Kier alpha value is -0.900. The molecule has 106 valence electrons. The minimum atomic E-state index is -0.126. The van der Waals surface area contributed by atoms with Gasteiger partial charge in [0.15, 0.2) is 0 Å². The van der Waals surface area contributed by atoms with Crippen molar-refractivity contribution in [3.05, 3.63) is 35.4 Å². The Balaban J connectivity index is 2.21. The van der Waals surface area contributed by atoms with Crippen molar-refractivity contribution in [3.63, 3.8) is 0 Å².